The number of nitrogens with zero attached hydrogens (tertiary/aromatic N) is 2. The minimum atomic E-state index is -3.38. The molecule has 1 rings (SSSR count). The van der Waals surface area contributed by atoms with E-state index in [1.807, 2.05) is 6.92 Å². The highest BCUT2D eigenvalue weighted by atomic mass is 32.2. The Morgan fingerprint density at radius 3 is 2.75 bits per heavy atom. The van der Waals surface area contributed by atoms with Gasteiger partial charge in [-0.05, 0) is 13.0 Å². The standard InChI is InChI=1S/C9H14N2O4S/c1-2-11-5-3-8(10-11)7-16(14,15)6-4-9(12)13/h3,5H,2,4,6-7H2,1H3,(H,12,13). The molecule has 6 nitrogen and oxygen atoms in total. The number of aliphatic carboxylic acids is 1. The molecule has 7 heteroatoms. The highest BCUT2D eigenvalue weighted by molar-refractivity contribution is 7.90. The minimum absolute atomic E-state index is 0.201. The Hall–Kier alpha value is -1.37. The van der Waals surface area contributed by atoms with Crippen molar-refractivity contribution >= 4 is 15.8 Å². The molecule has 0 fully saturated rings. The van der Waals surface area contributed by atoms with Crippen molar-refractivity contribution < 1.29 is 18.3 Å². The van der Waals surface area contributed by atoms with Crippen LogP contribution in [0.15, 0.2) is 12.3 Å². The van der Waals surface area contributed by atoms with Gasteiger partial charge in [0.2, 0.25) is 0 Å². The molecule has 0 amide bonds. The van der Waals surface area contributed by atoms with E-state index in [0.717, 1.165) is 0 Å². The number of carbonyl (C=O) groups is 1. The van der Waals surface area contributed by atoms with E-state index < -0.39 is 15.8 Å². The summed E-state index contributed by atoms with van der Waals surface area (Å²) in [4.78, 5) is 10.3. The topological polar surface area (TPSA) is 89.3 Å². The van der Waals surface area contributed by atoms with Crippen molar-refractivity contribution in [2.24, 2.45) is 0 Å². The largest absolute Gasteiger partial charge is 0.481 e. The first-order chi connectivity index (χ1) is 7.43. The molecule has 16 heavy (non-hydrogen) atoms. The maximum absolute atomic E-state index is 11.5. The van der Waals surface area contributed by atoms with Crippen LogP contribution >= 0.6 is 0 Å². The molecule has 0 atom stereocenters. The minimum Gasteiger partial charge on any atom is -0.481 e. The van der Waals surface area contributed by atoms with Crippen LogP contribution in [0, 0.1) is 0 Å². The fourth-order valence-corrected chi connectivity index (χ4v) is 2.43. The second-order valence-electron chi connectivity index (χ2n) is 3.40. The van der Waals surface area contributed by atoms with Gasteiger partial charge in [0.05, 0.1) is 23.6 Å². The van der Waals surface area contributed by atoms with Crippen molar-refractivity contribution in [3.05, 3.63) is 18.0 Å². The van der Waals surface area contributed by atoms with Crippen LogP contribution in [0.25, 0.3) is 0 Å². The summed E-state index contributed by atoms with van der Waals surface area (Å²) in [5, 5.41) is 12.4. The van der Waals surface area contributed by atoms with Gasteiger partial charge in [-0.25, -0.2) is 8.42 Å². The van der Waals surface area contributed by atoms with Gasteiger partial charge in [0, 0.05) is 12.7 Å². The Kier molecular flexibility index (Phi) is 4.05. The Morgan fingerprint density at radius 2 is 2.25 bits per heavy atom. The van der Waals surface area contributed by atoms with Crippen LogP contribution in [0.5, 0.6) is 0 Å². The summed E-state index contributed by atoms with van der Waals surface area (Å²) in [5.41, 5.74) is 0.451. The Labute approximate surface area is 93.8 Å². The first-order valence-corrected chi connectivity index (χ1v) is 6.69. The molecule has 90 valence electrons. The lowest BCUT2D eigenvalue weighted by atomic mass is 10.5. The number of carboxylic acid groups (broad SMARTS) is 1. The molecule has 0 aromatic carbocycles. The molecule has 0 spiro atoms. The number of sulfone groups is 1. The first-order valence-electron chi connectivity index (χ1n) is 4.87. The van der Waals surface area contributed by atoms with E-state index in [1.165, 1.54) is 0 Å². The highest BCUT2D eigenvalue weighted by Gasteiger charge is 2.15. The average molecular weight is 246 g/mol. The van der Waals surface area contributed by atoms with Crippen molar-refractivity contribution in [2.75, 3.05) is 5.75 Å². The maximum atomic E-state index is 11.5. The van der Waals surface area contributed by atoms with Gasteiger partial charge >= 0.3 is 5.97 Å². The van der Waals surface area contributed by atoms with Crippen LogP contribution in [0.2, 0.25) is 0 Å². The zero-order valence-electron chi connectivity index (χ0n) is 8.96. The van der Waals surface area contributed by atoms with Crippen LogP contribution in [0.1, 0.15) is 19.0 Å². The van der Waals surface area contributed by atoms with Crippen LogP contribution in [0.4, 0.5) is 0 Å². The van der Waals surface area contributed by atoms with Crippen molar-refractivity contribution in [3.63, 3.8) is 0 Å². The number of rotatable bonds is 6. The lowest BCUT2D eigenvalue weighted by molar-refractivity contribution is -0.136. The molecule has 0 aliphatic rings. The summed E-state index contributed by atoms with van der Waals surface area (Å²) in [5.74, 6) is -1.66. The molecule has 1 heterocycles. The van der Waals surface area contributed by atoms with E-state index in [2.05, 4.69) is 5.10 Å². The smallest absolute Gasteiger partial charge is 0.304 e. The van der Waals surface area contributed by atoms with E-state index in [-0.39, 0.29) is 17.9 Å². The monoisotopic (exact) mass is 246 g/mol. The van der Waals surface area contributed by atoms with E-state index in [0.29, 0.717) is 12.2 Å². The quantitative estimate of drug-likeness (QED) is 0.779. The van der Waals surface area contributed by atoms with Crippen molar-refractivity contribution in [3.8, 4) is 0 Å². The lowest BCUT2D eigenvalue weighted by Gasteiger charge is -1.99. The van der Waals surface area contributed by atoms with Crippen LogP contribution in [-0.4, -0.2) is 35.0 Å². The third kappa shape index (κ3) is 4.01. The van der Waals surface area contributed by atoms with Crippen LogP contribution in [-0.2, 0) is 26.9 Å². The van der Waals surface area contributed by atoms with Crippen molar-refractivity contribution in [2.45, 2.75) is 25.6 Å². The summed E-state index contributed by atoms with van der Waals surface area (Å²) >= 11 is 0. The summed E-state index contributed by atoms with van der Waals surface area (Å²) in [6, 6.07) is 1.63. The molecule has 0 bridgehead atoms. The maximum Gasteiger partial charge on any atom is 0.304 e. The zero-order valence-corrected chi connectivity index (χ0v) is 9.77. The molecule has 1 aromatic rings. The average Bonchev–Trinajstić information content (AvgIpc) is 2.62. The molecule has 0 aliphatic heterocycles. The normalized spacial score (nSPS) is 11.6. The van der Waals surface area contributed by atoms with Crippen LogP contribution < -0.4 is 0 Å². The predicted molar refractivity (Wildman–Crippen MR) is 57.6 cm³/mol. The number of aromatic nitrogens is 2. The number of hydrogen-bond acceptors (Lipinski definition) is 4. The van der Waals surface area contributed by atoms with E-state index in [1.54, 1.807) is 16.9 Å². The third-order valence-electron chi connectivity index (χ3n) is 2.01. The number of aryl methyl sites for hydroxylation is 1. The first kappa shape index (κ1) is 12.7. The summed E-state index contributed by atoms with van der Waals surface area (Å²) < 4.78 is 24.6. The van der Waals surface area contributed by atoms with E-state index in [9.17, 15) is 13.2 Å². The van der Waals surface area contributed by atoms with Gasteiger partial charge in [-0.1, -0.05) is 0 Å². The lowest BCUT2D eigenvalue weighted by Crippen LogP contribution is -2.13. The predicted octanol–water partition coefficient (Wildman–Crippen LogP) is 0.292. The summed E-state index contributed by atoms with van der Waals surface area (Å²) in [6.45, 7) is 2.57. The van der Waals surface area contributed by atoms with Gasteiger partial charge in [0.15, 0.2) is 9.84 Å². The fourth-order valence-electron chi connectivity index (χ4n) is 1.20. The Morgan fingerprint density at radius 1 is 1.56 bits per heavy atom. The van der Waals surface area contributed by atoms with E-state index >= 15 is 0 Å². The summed E-state index contributed by atoms with van der Waals surface area (Å²) in [6.07, 6.45) is 1.33. The second kappa shape index (κ2) is 5.11. The molecule has 1 N–H and O–H groups in total. The van der Waals surface area contributed by atoms with Crippen molar-refractivity contribution in [1.29, 1.82) is 0 Å². The molecule has 0 saturated carbocycles. The van der Waals surface area contributed by atoms with E-state index in [4.69, 9.17) is 5.11 Å². The second-order valence-corrected chi connectivity index (χ2v) is 5.58. The van der Waals surface area contributed by atoms with Gasteiger partial charge in [0.25, 0.3) is 0 Å². The fraction of sp³-hybridized carbons (Fsp3) is 0.556. The molecule has 1 aromatic heterocycles. The molecule has 0 aliphatic carbocycles. The van der Waals surface area contributed by atoms with Gasteiger partial charge < -0.3 is 5.11 Å². The van der Waals surface area contributed by atoms with Crippen LogP contribution in [0.3, 0.4) is 0 Å². The molecule has 0 unspecified atom stereocenters. The molecular formula is C9H14N2O4S. The SMILES string of the molecule is CCn1ccc(CS(=O)(=O)CCC(=O)O)n1. The number of hydrogen-bond donors (Lipinski definition) is 1. The Bertz CT molecular complexity index is 464. The highest BCUT2D eigenvalue weighted by Crippen LogP contribution is 2.05. The van der Waals surface area contributed by atoms with Gasteiger partial charge in [0.1, 0.15) is 0 Å². The molecular weight excluding hydrogens is 232 g/mol. The van der Waals surface area contributed by atoms with Gasteiger partial charge in [-0.15, -0.1) is 0 Å². The third-order valence-corrected chi connectivity index (χ3v) is 3.58. The van der Waals surface area contributed by atoms with Gasteiger partial charge in [-0.3, -0.25) is 9.48 Å². The number of carboxylic acids is 1. The zero-order chi connectivity index (χ0) is 12.2. The summed E-state index contributed by atoms with van der Waals surface area (Å²) in [7, 11) is -3.38. The Balaban J connectivity index is 2.61. The molecule has 0 radical (unpaired) electrons. The van der Waals surface area contributed by atoms with Gasteiger partial charge in [-0.2, -0.15) is 5.10 Å². The molecule has 0 saturated heterocycles. The van der Waals surface area contributed by atoms with Crippen molar-refractivity contribution in [1.82, 2.24) is 9.78 Å².